The third kappa shape index (κ3) is 10.5. The molecule has 0 saturated carbocycles. The Balaban J connectivity index is 1.06. The van der Waals surface area contributed by atoms with Crippen molar-refractivity contribution in [3.63, 3.8) is 0 Å². The Morgan fingerprint density at radius 1 is 0.815 bits per heavy atom. The largest absolute Gasteiger partial charge is 0.496 e. The number of unbranched alkanes of at least 4 members (excludes halogenated alkanes) is 1. The molecule has 5 aromatic rings. The molecule has 9 nitrogen and oxygen atoms in total. The van der Waals surface area contributed by atoms with Crippen LogP contribution < -0.4 is 21.1 Å². The van der Waals surface area contributed by atoms with Gasteiger partial charge in [0.15, 0.2) is 6.29 Å². The van der Waals surface area contributed by atoms with Gasteiger partial charge in [0.1, 0.15) is 5.75 Å². The highest BCUT2D eigenvalue weighted by Crippen LogP contribution is 2.41. The Labute approximate surface area is 321 Å². The molecule has 10 heteroatoms. The number of nitrogens with two attached hydrogens (primary N) is 1. The number of aliphatic hydroxyl groups is 1. The number of thioether (sulfide) groups is 1. The number of nitrogens with one attached hydrogen (secondary N) is 2. The number of benzene rings is 5. The van der Waals surface area contributed by atoms with Gasteiger partial charge >= 0.3 is 0 Å². The molecule has 1 heterocycles. The van der Waals surface area contributed by atoms with Crippen molar-refractivity contribution >= 4 is 35.0 Å². The van der Waals surface area contributed by atoms with Crippen LogP contribution in [0.1, 0.15) is 66.8 Å². The summed E-state index contributed by atoms with van der Waals surface area (Å²) in [5.41, 5.74) is 12.9. The van der Waals surface area contributed by atoms with Crippen molar-refractivity contribution in [2.24, 2.45) is 0 Å². The van der Waals surface area contributed by atoms with Gasteiger partial charge in [-0.05, 0) is 64.9 Å². The number of rotatable bonds is 16. The van der Waals surface area contributed by atoms with Crippen molar-refractivity contribution in [2.45, 2.75) is 68.6 Å². The van der Waals surface area contributed by atoms with Gasteiger partial charge in [-0.1, -0.05) is 97.1 Å². The van der Waals surface area contributed by atoms with Gasteiger partial charge in [0.25, 0.3) is 0 Å². The fraction of sp³-hybridized carbons (Fsp3) is 0.273. The van der Waals surface area contributed by atoms with E-state index in [1.54, 1.807) is 31.0 Å². The molecule has 0 aliphatic carbocycles. The Hall–Kier alpha value is -5.13. The Bertz CT molecular complexity index is 1990. The van der Waals surface area contributed by atoms with Crippen molar-refractivity contribution in [3.05, 3.63) is 144 Å². The van der Waals surface area contributed by atoms with Crippen LogP contribution in [0.25, 0.3) is 11.1 Å². The number of para-hydroxylation sites is 3. The first-order valence-electron chi connectivity index (χ1n) is 18.3. The normalized spacial score (nSPS) is 16.7. The summed E-state index contributed by atoms with van der Waals surface area (Å²) in [6, 6.07) is 39.3. The maximum Gasteiger partial charge on any atom is 0.224 e. The third-order valence-corrected chi connectivity index (χ3v) is 10.6. The van der Waals surface area contributed by atoms with Crippen LogP contribution in [0.15, 0.2) is 126 Å². The minimum atomic E-state index is -0.573. The number of ether oxygens (including phenoxy) is 3. The summed E-state index contributed by atoms with van der Waals surface area (Å²) in [4.78, 5) is 26.1. The van der Waals surface area contributed by atoms with Crippen LogP contribution in [0.2, 0.25) is 0 Å². The molecule has 0 radical (unpaired) electrons. The lowest BCUT2D eigenvalue weighted by atomic mass is 9.97. The topological polar surface area (TPSA) is 132 Å². The molecule has 3 atom stereocenters. The van der Waals surface area contributed by atoms with Crippen molar-refractivity contribution in [2.75, 3.05) is 23.9 Å². The summed E-state index contributed by atoms with van der Waals surface area (Å²) in [6.45, 7) is 0.382. The molecular weight excluding hydrogens is 699 g/mol. The van der Waals surface area contributed by atoms with Crippen molar-refractivity contribution in [1.82, 2.24) is 5.32 Å². The van der Waals surface area contributed by atoms with E-state index in [9.17, 15) is 14.7 Å². The highest BCUT2D eigenvalue weighted by Gasteiger charge is 2.32. The van der Waals surface area contributed by atoms with E-state index in [2.05, 4.69) is 34.9 Å². The van der Waals surface area contributed by atoms with Crippen LogP contribution in [0, 0.1) is 0 Å². The number of hydrogen-bond acceptors (Lipinski definition) is 8. The molecule has 5 N–H and O–H groups in total. The quantitative estimate of drug-likeness (QED) is 0.0449. The van der Waals surface area contributed by atoms with Gasteiger partial charge in [-0.3, -0.25) is 9.59 Å². The molecule has 2 amide bonds. The lowest BCUT2D eigenvalue weighted by Gasteiger charge is -2.36. The van der Waals surface area contributed by atoms with Crippen LogP contribution in [-0.2, 0) is 32.2 Å². The minimum absolute atomic E-state index is 0.00838. The summed E-state index contributed by atoms with van der Waals surface area (Å²) >= 11 is 1.71. The standard InChI is InChI=1S/C44H47N3O6S/c1-51-39-14-6-7-15-41(39)54-29-35-26-40(32-20-18-30(28-48)19-21-32)53-44(52-35)33-24-22-31(23-25-33)36-11-3-2-10-34(36)27-46-42(49)16-8-9-17-43(50)47-38-13-5-4-12-37(38)45/h2-7,10-15,18-25,35,40,44,48H,8-9,16-17,26-29,45H2,1H3,(H,46,49)(H,47,50)/t35-,40+,44+/m1/s1. The van der Waals surface area contributed by atoms with E-state index in [0.717, 1.165) is 49.8 Å². The van der Waals surface area contributed by atoms with Crippen molar-refractivity contribution < 1.29 is 28.9 Å². The zero-order valence-electron chi connectivity index (χ0n) is 30.4. The summed E-state index contributed by atoms with van der Waals surface area (Å²) in [6.07, 6.45) is 1.70. The van der Waals surface area contributed by atoms with Gasteiger partial charge in [0.05, 0.1) is 37.3 Å². The number of carbonyl (C=O) groups is 2. The van der Waals surface area contributed by atoms with E-state index < -0.39 is 6.29 Å². The highest BCUT2D eigenvalue weighted by molar-refractivity contribution is 7.99. The molecule has 5 aromatic carbocycles. The average Bonchev–Trinajstić information content (AvgIpc) is 3.22. The molecule has 54 heavy (non-hydrogen) atoms. The molecular formula is C44H47N3O6S. The molecule has 0 aromatic heterocycles. The van der Waals surface area contributed by atoms with Crippen LogP contribution in [0.4, 0.5) is 11.4 Å². The number of carbonyl (C=O) groups excluding carboxylic acids is 2. The Kier molecular flexibility index (Phi) is 13.8. The Morgan fingerprint density at radius 3 is 2.26 bits per heavy atom. The number of anilines is 2. The van der Waals surface area contributed by atoms with Crippen molar-refractivity contribution in [3.8, 4) is 16.9 Å². The van der Waals surface area contributed by atoms with Gasteiger partial charge in [-0.2, -0.15) is 0 Å². The molecule has 0 spiro atoms. The molecule has 1 fully saturated rings. The lowest BCUT2D eigenvalue weighted by Crippen LogP contribution is -2.31. The molecule has 0 unspecified atom stereocenters. The van der Waals surface area contributed by atoms with Gasteiger partial charge < -0.3 is 35.7 Å². The summed E-state index contributed by atoms with van der Waals surface area (Å²) in [5, 5.41) is 15.4. The number of methoxy groups -OCH3 is 1. The van der Waals surface area contributed by atoms with Gasteiger partial charge in [0.2, 0.25) is 11.8 Å². The number of nitrogen functional groups attached to an aromatic ring is 1. The lowest BCUT2D eigenvalue weighted by molar-refractivity contribution is -0.245. The van der Waals surface area contributed by atoms with E-state index in [4.69, 9.17) is 19.9 Å². The molecule has 1 saturated heterocycles. The molecule has 1 aliphatic heterocycles. The smallest absolute Gasteiger partial charge is 0.224 e. The van der Waals surface area contributed by atoms with E-state index in [1.807, 2.05) is 84.9 Å². The van der Waals surface area contributed by atoms with Gasteiger partial charge in [-0.15, -0.1) is 11.8 Å². The molecule has 280 valence electrons. The van der Waals surface area contributed by atoms with Crippen LogP contribution >= 0.6 is 11.8 Å². The first-order chi connectivity index (χ1) is 26.4. The van der Waals surface area contributed by atoms with E-state index >= 15 is 0 Å². The number of amides is 2. The first kappa shape index (κ1) is 38.6. The predicted octanol–water partition coefficient (Wildman–Crippen LogP) is 8.59. The molecule has 6 rings (SSSR count). The number of aliphatic hydroxyl groups excluding tert-OH is 1. The predicted molar refractivity (Wildman–Crippen MR) is 214 cm³/mol. The fourth-order valence-corrected chi connectivity index (χ4v) is 7.44. The maximum atomic E-state index is 12.7. The second-order valence-electron chi connectivity index (χ2n) is 13.2. The summed E-state index contributed by atoms with van der Waals surface area (Å²) < 4.78 is 18.7. The third-order valence-electron chi connectivity index (χ3n) is 9.39. The van der Waals surface area contributed by atoms with Gasteiger partial charge in [-0.25, -0.2) is 0 Å². The SMILES string of the molecule is COc1ccccc1SC[C@H]1C[C@@H](c2ccc(CO)cc2)O[C@@H](c2ccc(-c3ccccc3CNC(=O)CCCCC(=O)Nc3ccccc3N)cc2)O1. The summed E-state index contributed by atoms with van der Waals surface area (Å²) in [5.74, 6) is 1.39. The second kappa shape index (κ2) is 19.3. The minimum Gasteiger partial charge on any atom is -0.496 e. The Morgan fingerprint density at radius 2 is 1.50 bits per heavy atom. The van der Waals surface area contributed by atoms with E-state index in [0.29, 0.717) is 50.0 Å². The monoisotopic (exact) mass is 745 g/mol. The average molecular weight is 746 g/mol. The van der Waals surface area contributed by atoms with E-state index in [1.165, 1.54) is 0 Å². The van der Waals surface area contributed by atoms with E-state index in [-0.39, 0.29) is 30.6 Å². The molecule has 0 bridgehead atoms. The molecule has 1 aliphatic rings. The highest BCUT2D eigenvalue weighted by atomic mass is 32.2. The summed E-state index contributed by atoms with van der Waals surface area (Å²) in [7, 11) is 1.68. The van der Waals surface area contributed by atoms with Crippen molar-refractivity contribution in [1.29, 1.82) is 0 Å². The fourth-order valence-electron chi connectivity index (χ4n) is 6.40. The van der Waals surface area contributed by atoms with Gasteiger partial charge in [0, 0.05) is 42.0 Å². The first-order valence-corrected chi connectivity index (χ1v) is 19.2. The van der Waals surface area contributed by atoms with Crippen LogP contribution in [0.3, 0.4) is 0 Å². The zero-order chi connectivity index (χ0) is 37.7. The van der Waals surface area contributed by atoms with Crippen LogP contribution in [-0.4, -0.2) is 35.9 Å². The zero-order valence-corrected chi connectivity index (χ0v) is 31.2. The number of hydrogen-bond donors (Lipinski definition) is 4. The maximum absolute atomic E-state index is 12.7. The second-order valence-corrected chi connectivity index (χ2v) is 14.3. The van der Waals surface area contributed by atoms with Crippen LogP contribution in [0.5, 0.6) is 5.75 Å².